The molecule has 0 aromatic rings. The minimum Gasteiger partial charge on any atom is -0.480 e. The lowest BCUT2D eigenvalue weighted by molar-refractivity contribution is -0.154. The van der Waals surface area contributed by atoms with Gasteiger partial charge in [-0.1, -0.05) is 6.92 Å². The molecule has 6 heteroatoms. The third-order valence-electron chi connectivity index (χ3n) is 3.32. The molecule has 1 rings (SSSR count). The van der Waals surface area contributed by atoms with E-state index in [0.29, 0.717) is 18.9 Å². The van der Waals surface area contributed by atoms with Gasteiger partial charge in [0.05, 0.1) is 13.0 Å². The van der Waals surface area contributed by atoms with Gasteiger partial charge in [0.2, 0.25) is 5.91 Å². The molecule has 19 heavy (non-hydrogen) atoms. The van der Waals surface area contributed by atoms with Gasteiger partial charge >= 0.3 is 11.9 Å². The van der Waals surface area contributed by atoms with Gasteiger partial charge in [-0.2, -0.15) is 0 Å². The van der Waals surface area contributed by atoms with Crippen LogP contribution in [0.5, 0.6) is 0 Å². The van der Waals surface area contributed by atoms with Crippen LogP contribution in [0.15, 0.2) is 0 Å². The summed E-state index contributed by atoms with van der Waals surface area (Å²) < 4.78 is 4.74. The van der Waals surface area contributed by atoms with Gasteiger partial charge in [0.1, 0.15) is 6.04 Å². The summed E-state index contributed by atoms with van der Waals surface area (Å²) in [5.41, 5.74) is 0. The summed E-state index contributed by atoms with van der Waals surface area (Å²) in [6.45, 7) is 4.41. The Balaban J connectivity index is 2.54. The third kappa shape index (κ3) is 4.54. The topological polar surface area (TPSA) is 83.9 Å². The molecule has 1 heterocycles. The first-order chi connectivity index (χ1) is 8.95. The summed E-state index contributed by atoms with van der Waals surface area (Å²) in [6.07, 6.45) is 1.29. The number of amides is 1. The summed E-state index contributed by atoms with van der Waals surface area (Å²) >= 11 is 0. The van der Waals surface area contributed by atoms with Crippen LogP contribution in [0, 0.1) is 5.92 Å². The van der Waals surface area contributed by atoms with E-state index >= 15 is 0 Å². The summed E-state index contributed by atoms with van der Waals surface area (Å²) in [6, 6.07) is -0.765. The van der Waals surface area contributed by atoms with Crippen LogP contribution in [-0.4, -0.2) is 47.0 Å². The molecular formula is C13H21NO5. The van der Waals surface area contributed by atoms with E-state index in [0.717, 1.165) is 6.42 Å². The highest BCUT2D eigenvalue weighted by Crippen LogP contribution is 2.23. The second kappa shape index (κ2) is 7.11. The van der Waals surface area contributed by atoms with Crippen molar-refractivity contribution in [3.8, 4) is 0 Å². The molecule has 2 unspecified atom stereocenters. The van der Waals surface area contributed by atoms with Crippen molar-refractivity contribution in [3.05, 3.63) is 0 Å². The maximum atomic E-state index is 12.0. The number of piperidine rings is 1. The van der Waals surface area contributed by atoms with Crippen LogP contribution in [0.1, 0.15) is 39.5 Å². The molecule has 1 aliphatic heterocycles. The molecule has 6 nitrogen and oxygen atoms in total. The van der Waals surface area contributed by atoms with Gasteiger partial charge in [-0.25, -0.2) is 4.79 Å². The van der Waals surface area contributed by atoms with Crippen LogP contribution in [0.25, 0.3) is 0 Å². The Kier molecular flexibility index (Phi) is 5.79. The Morgan fingerprint density at radius 1 is 1.32 bits per heavy atom. The molecular weight excluding hydrogens is 250 g/mol. The smallest absolute Gasteiger partial charge is 0.326 e. The zero-order chi connectivity index (χ0) is 14.4. The van der Waals surface area contributed by atoms with Crippen molar-refractivity contribution >= 4 is 17.8 Å². The maximum Gasteiger partial charge on any atom is 0.326 e. The van der Waals surface area contributed by atoms with Gasteiger partial charge in [-0.05, 0) is 25.7 Å². The highest BCUT2D eigenvalue weighted by molar-refractivity contribution is 5.86. The first-order valence-corrected chi connectivity index (χ1v) is 6.63. The average Bonchev–Trinajstić information content (AvgIpc) is 2.36. The third-order valence-corrected chi connectivity index (χ3v) is 3.32. The molecule has 108 valence electrons. The average molecular weight is 271 g/mol. The monoisotopic (exact) mass is 271 g/mol. The first kappa shape index (κ1) is 15.5. The summed E-state index contributed by atoms with van der Waals surface area (Å²) in [4.78, 5) is 35.7. The van der Waals surface area contributed by atoms with Crippen molar-refractivity contribution in [2.75, 3.05) is 13.2 Å². The number of aliphatic carboxylic acids is 1. The fraction of sp³-hybridized carbons (Fsp3) is 0.769. The van der Waals surface area contributed by atoms with Crippen molar-refractivity contribution in [2.24, 2.45) is 5.92 Å². The molecule has 0 spiro atoms. The normalized spacial score (nSPS) is 22.9. The number of esters is 1. The van der Waals surface area contributed by atoms with E-state index in [9.17, 15) is 14.4 Å². The van der Waals surface area contributed by atoms with E-state index in [1.54, 1.807) is 6.92 Å². The highest BCUT2D eigenvalue weighted by atomic mass is 16.5. The highest BCUT2D eigenvalue weighted by Gasteiger charge is 2.34. The lowest BCUT2D eigenvalue weighted by atomic mass is 9.92. The van der Waals surface area contributed by atoms with Crippen LogP contribution >= 0.6 is 0 Å². The predicted molar refractivity (Wildman–Crippen MR) is 67.4 cm³/mol. The van der Waals surface area contributed by atoms with Crippen molar-refractivity contribution in [3.63, 3.8) is 0 Å². The number of ether oxygens (including phenoxy) is 1. The summed E-state index contributed by atoms with van der Waals surface area (Å²) in [7, 11) is 0. The van der Waals surface area contributed by atoms with Gasteiger partial charge < -0.3 is 14.7 Å². The molecule has 0 radical (unpaired) electrons. The maximum absolute atomic E-state index is 12.0. The van der Waals surface area contributed by atoms with E-state index in [2.05, 4.69) is 0 Å². The van der Waals surface area contributed by atoms with E-state index in [1.807, 2.05) is 6.92 Å². The fourth-order valence-electron chi connectivity index (χ4n) is 2.26. The molecule has 1 N–H and O–H groups in total. The van der Waals surface area contributed by atoms with Gasteiger partial charge in [-0.3, -0.25) is 9.59 Å². The molecule has 2 atom stereocenters. The number of hydrogen-bond acceptors (Lipinski definition) is 4. The molecule has 0 aliphatic carbocycles. The standard InChI is InChI=1S/C13H21NO5/c1-3-19-12(16)5-4-11(15)14-7-6-9(2)8-10(14)13(17)18/h9-10H,3-8H2,1-2H3,(H,17,18). The van der Waals surface area contributed by atoms with Gasteiger partial charge in [0, 0.05) is 13.0 Å². The largest absolute Gasteiger partial charge is 0.480 e. The van der Waals surface area contributed by atoms with Crippen molar-refractivity contribution in [1.29, 1.82) is 0 Å². The van der Waals surface area contributed by atoms with Gasteiger partial charge in [-0.15, -0.1) is 0 Å². The fourth-order valence-corrected chi connectivity index (χ4v) is 2.26. The molecule has 0 aromatic heterocycles. The lowest BCUT2D eigenvalue weighted by Gasteiger charge is -2.36. The van der Waals surface area contributed by atoms with Crippen LogP contribution in [0.3, 0.4) is 0 Å². The van der Waals surface area contributed by atoms with Crippen LogP contribution in [0.4, 0.5) is 0 Å². The second-order valence-corrected chi connectivity index (χ2v) is 4.88. The molecule has 0 aromatic carbocycles. The Bertz CT molecular complexity index is 355. The molecule has 1 saturated heterocycles. The Morgan fingerprint density at radius 2 is 2.00 bits per heavy atom. The molecule has 0 bridgehead atoms. The zero-order valence-corrected chi connectivity index (χ0v) is 11.4. The van der Waals surface area contributed by atoms with Gasteiger partial charge in [0.15, 0.2) is 0 Å². The van der Waals surface area contributed by atoms with Crippen LogP contribution in [0.2, 0.25) is 0 Å². The number of nitrogens with zero attached hydrogens (tertiary/aromatic N) is 1. The minimum atomic E-state index is -0.976. The SMILES string of the molecule is CCOC(=O)CCC(=O)N1CCC(C)CC1C(=O)O. The lowest BCUT2D eigenvalue weighted by Crippen LogP contribution is -2.49. The van der Waals surface area contributed by atoms with E-state index < -0.39 is 18.0 Å². The predicted octanol–water partition coefficient (Wildman–Crippen LogP) is 1.04. The number of carboxylic acids is 1. The van der Waals surface area contributed by atoms with Crippen molar-refractivity contribution in [1.82, 2.24) is 4.90 Å². The van der Waals surface area contributed by atoms with E-state index in [-0.39, 0.29) is 25.4 Å². The molecule has 1 aliphatic rings. The van der Waals surface area contributed by atoms with Crippen molar-refractivity contribution in [2.45, 2.75) is 45.6 Å². The second-order valence-electron chi connectivity index (χ2n) is 4.88. The number of likely N-dealkylation sites (tertiary alicyclic amines) is 1. The first-order valence-electron chi connectivity index (χ1n) is 6.63. The molecule has 0 saturated carbocycles. The minimum absolute atomic E-state index is 0.00503. The summed E-state index contributed by atoms with van der Waals surface area (Å²) in [5, 5.41) is 9.15. The Morgan fingerprint density at radius 3 is 2.58 bits per heavy atom. The molecule has 1 fully saturated rings. The van der Waals surface area contributed by atoms with E-state index in [1.165, 1.54) is 4.90 Å². The zero-order valence-electron chi connectivity index (χ0n) is 11.4. The number of carbonyl (C=O) groups excluding carboxylic acids is 2. The number of rotatable bonds is 5. The Hall–Kier alpha value is -1.59. The van der Waals surface area contributed by atoms with Gasteiger partial charge in [0.25, 0.3) is 0 Å². The van der Waals surface area contributed by atoms with Crippen LogP contribution in [-0.2, 0) is 19.1 Å². The number of hydrogen-bond donors (Lipinski definition) is 1. The Labute approximate surface area is 112 Å². The quantitative estimate of drug-likeness (QED) is 0.755. The number of carboxylic acid groups (broad SMARTS) is 1. The molecule has 1 amide bonds. The van der Waals surface area contributed by atoms with Crippen molar-refractivity contribution < 1.29 is 24.2 Å². The van der Waals surface area contributed by atoms with Crippen LogP contribution < -0.4 is 0 Å². The number of carbonyl (C=O) groups is 3. The van der Waals surface area contributed by atoms with E-state index in [4.69, 9.17) is 9.84 Å². The summed E-state index contributed by atoms with van der Waals surface area (Å²) in [5.74, 6) is -1.38.